The Labute approximate surface area is 179 Å². The fourth-order valence-corrected chi connectivity index (χ4v) is 5.82. The Kier molecular flexibility index (Phi) is 7.26. The van der Waals surface area contributed by atoms with Gasteiger partial charge in [0.2, 0.25) is 5.91 Å². The Morgan fingerprint density at radius 1 is 1.11 bits per heavy atom. The van der Waals surface area contributed by atoms with Crippen LogP contribution < -0.4 is 4.90 Å². The van der Waals surface area contributed by atoms with Gasteiger partial charge in [-0.05, 0) is 64.2 Å². The number of anilines is 1. The summed E-state index contributed by atoms with van der Waals surface area (Å²) in [6.07, 6.45) is 3.66. The smallest absolute Gasteiger partial charge is 0.233 e. The molecule has 2 atom stereocenters. The molecule has 0 N–H and O–H groups in total. The first-order valence-electron chi connectivity index (χ1n) is 10.4. The zero-order valence-electron chi connectivity index (χ0n) is 17.6. The molecule has 4 nitrogen and oxygen atoms in total. The molecule has 3 rings (SSSR count). The van der Waals surface area contributed by atoms with E-state index in [2.05, 4.69) is 55.7 Å². The number of carbonyl (C=O) groups excluding carboxylic acids is 1. The van der Waals surface area contributed by atoms with Crippen LogP contribution in [0.1, 0.15) is 44.2 Å². The molecule has 154 valence electrons. The summed E-state index contributed by atoms with van der Waals surface area (Å²) < 4.78 is 0.891. The lowest BCUT2D eigenvalue weighted by Gasteiger charge is -2.41. The van der Waals surface area contributed by atoms with E-state index in [1.807, 2.05) is 4.90 Å². The molecule has 1 aromatic carbocycles. The number of rotatable bonds is 3. The fraction of sp³-hybridized carbons (Fsp3) is 0.636. The molecule has 28 heavy (non-hydrogen) atoms. The van der Waals surface area contributed by atoms with Crippen LogP contribution in [-0.4, -0.2) is 64.0 Å². The lowest BCUT2D eigenvalue weighted by Crippen LogP contribution is -2.50. The van der Waals surface area contributed by atoms with Crippen LogP contribution >= 0.6 is 24.0 Å². The van der Waals surface area contributed by atoms with Crippen molar-refractivity contribution in [3.63, 3.8) is 0 Å². The van der Waals surface area contributed by atoms with Crippen molar-refractivity contribution in [1.82, 2.24) is 9.80 Å². The third-order valence-electron chi connectivity index (χ3n) is 6.27. The Morgan fingerprint density at radius 2 is 1.75 bits per heavy atom. The van der Waals surface area contributed by atoms with Crippen molar-refractivity contribution in [1.29, 1.82) is 0 Å². The molecule has 0 unspecified atom stereocenters. The monoisotopic (exact) mass is 419 g/mol. The highest BCUT2D eigenvalue weighted by Gasteiger charge is 2.28. The number of hydrogen-bond acceptors (Lipinski definition) is 4. The van der Waals surface area contributed by atoms with Gasteiger partial charge in [0.1, 0.15) is 4.32 Å². The van der Waals surface area contributed by atoms with Gasteiger partial charge in [0.15, 0.2) is 0 Å². The van der Waals surface area contributed by atoms with Crippen LogP contribution in [0.4, 0.5) is 5.69 Å². The maximum Gasteiger partial charge on any atom is 0.233 e. The molecule has 1 amide bonds. The second-order valence-corrected chi connectivity index (χ2v) is 9.79. The Morgan fingerprint density at radius 3 is 2.39 bits per heavy atom. The van der Waals surface area contributed by atoms with Crippen molar-refractivity contribution in [2.45, 2.75) is 59.0 Å². The van der Waals surface area contributed by atoms with Crippen LogP contribution in [0.15, 0.2) is 18.2 Å². The second-order valence-electron chi connectivity index (χ2n) is 8.18. The van der Waals surface area contributed by atoms with Gasteiger partial charge in [-0.3, -0.25) is 4.79 Å². The van der Waals surface area contributed by atoms with Crippen molar-refractivity contribution in [3.05, 3.63) is 29.3 Å². The van der Waals surface area contributed by atoms with Gasteiger partial charge in [0.05, 0.1) is 5.75 Å². The first-order valence-corrected chi connectivity index (χ1v) is 11.8. The van der Waals surface area contributed by atoms with E-state index >= 15 is 0 Å². The summed E-state index contributed by atoms with van der Waals surface area (Å²) in [7, 11) is 0. The van der Waals surface area contributed by atoms with E-state index in [0.717, 1.165) is 30.5 Å². The van der Waals surface area contributed by atoms with Crippen LogP contribution in [0.2, 0.25) is 0 Å². The summed E-state index contributed by atoms with van der Waals surface area (Å²) in [5.41, 5.74) is 3.96. The number of piperidine rings is 1. The minimum Gasteiger partial charge on any atom is -0.368 e. The molecular weight excluding hydrogens is 386 g/mol. The van der Waals surface area contributed by atoms with Crippen LogP contribution in [-0.2, 0) is 4.79 Å². The van der Waals surface area contributed by atoms with Crippen molar-refractivity contribution >= 4 is 39.9 Å². The SMILES string of the molecule is Cc1cccc(N2CCN(C(=O)CSC(=S)N3[C@H](C)CCC[C@@H]3C)CC2)c1C. The highest BCUT2D eigenvalue weighted by molar-refractivity contribution is 8.23. The van der Waals surface area contributed by atoms with Gasteiger partial charge in [-0.1, -0.05) is 36.1 Å². The van der Waals surface area contributed by atoms with Crippen molar-refractivity contribution in [2.75, 3.05) is 36.8 Å². The summed E-state index contributed by atoms with van der Waals surface area (Å²) >= 11 is 7.21. The first-order chi connectivity index (χ1) is 13.4. The van der Waals surface area contributed by atoms with E-state index < -0.39 is 0 Å². The maximum absolute atomic E-state index is 12.7. The average molecular weight is 420 g/mol. The molecule has 2 saturated heterocycles. The number of thioether (sulfide) groups is 1. The molecular formula is C22H33N3OS2. The van der Waals surface area contributed by atoms with Gasteiger partial charge in [-0.25, -0.2) is 0 Å². The molecule has 0 radical (unpaired) electrons. The van der Waals surface area contributed by atoms with Gasteiger partial charge in [0, 0.05) is 44.0 Å². The van der Waals surface area contributed by atoms with E-state index in [9.17, 15) is 4.79 Å². The molecule has 0 spiro atoms. The normalized spacial score (nSPS) is 23.1. The minimum atomic E-state index is 0.213. The molecule has 6 heteroatoms. The minimum absolute atomic E-state index is 0.213. The average Bonchev–Trinajstić information content (AvgIpc) is 2.68. The predicted octanol–water partition coefficient (Wildman–Crippen LogP) is 4.23. The standard InChI is InChI=1S/C22H33N3OS2/c1-16-7-5-10-20(19(16)4)23-11-13-24(14-12-23)21(26)15-28-22(27)25-17(2)8-6-9-18(25)3/h5,7,10,17-18H,6,8-9,11-15H2,1-4H3/t17-,18+. The molecule has 0 bridgehead atoms. The molecule has 0 saturated carbocycles. The van der Waals surface area contributed by atoms with Crippen molar-refractivity contribution in [2.24, 2.45) is 0 Å². The van der Waals surface area contributed by atoms with Gasteiger partial charge in [0.25, 0.3) is 0 Å². The molecule has 0 aromatic heterocycles. The number of nitrogens with zero attached hydrogens (tertiary/aromatic N) is 3. The summed E-state index contributed by atoms with van der Waals surface area (Å²) in [6.45, 7) is 12.2. The zero-order valence-corrected chi connectivity index (χ0v) is 19.2. The molecule has 0 aliphatic carbocycles. The highest BCUT2D eigenvalue weighted by atomic mass is 32.2. The van der Waals surface area contributed by atoms with E-state index in [-0.39, 0.29) is 5.91 Å². The summed E-state index contributed by atoms with van der Waals surface area (Å²) in [4.78, 5) is 19.5. The van der Waals surface area contributed by atoms with Crippen LogP contribution in [0, 0.1) is 13.8 Å². The number of aryl methyl sites for hydroxylation is 1. The van der Waals surface area contributed by atoms with Gasteiger partial charge < -0.3 is 14.7 Å². The highest BCUT2D eigenvalue weighted by Crippen LogP contribution is 2.27. The molecule has 1 aromatic rings. The number of amides is 1. The predicted molar refractivity (Wildman–Crippen MR) is 124 cm³/mol. The van der Waals surface area contributed by atoms with Crippen LogP contribution in [0.5, 0.6) is 0 Å². The largest absolute Gasteiger partial charge is 0.368 e. The first kappa shape index (κ1) is 21.4. The topological polar surface area (TPSA) is 26.8 Å². The Hall–Kier alpha value is -1.27. The van der Waals surface area contributed by atoms with E-state index in [1.54, 1.807) is 11.8 Å². The second kappa shape index (κ2) is 9.49. The number of carbonyl (C=O) groups is 1. The summed E-state index contributed by atoms with van der Waals surface area (Å²) in [5.74, 6) is 0.670. The van der Waals surface area contributed by atoms with Gasteiger partial charge >= 0.3 is 0 Å². The van der Waals surface area contributed by atoms with Crippen molar-refractivity contribution < 1.29 is 4.79 Å². The van der Waals surface area contributed by atoms with Gasteiger partial charge in [-0.2, -0.15) is 0 Å². The number of hydrogen-bond donors (Lipinski definition) is 0. The van der Waals surface area contributed by atoms with Crippen LogP contribution in [0.25, 0.3) is 0 Å². The maximum atomic E-state index is 12.7. The quantitative estimate of drug-likeness (QED) is 0.683. The number of likely N-dealkylation sites (tertiary alicyclic amines) is 1. The number of thiocarbonyl (C=S) groups is 1. The van der Waals surface area contributed by atoms with Crippen molar-refractivity contribution in [3.8, 4) is 0 Å². The third-order valence-corrected chi connectivity index (χ3v) is 7.69. The third kappa shape index (κ3) is 4.82. The molecule has 2 aliphatic heterocycles. The fourth-order valence-electron chi connectivity index (χ4n) is 4.35. The lowest BCUT2D eigenvalue weighted by molar-refractivity contribution is -0.128. The molecule has 2 fully saturated rings. The lowest BCUT2D eigenvalue weighted by atomic mass is 9.99. The Balaban J connectivity index is 1.49. The van der Waals surface area contributed by atoms with Gasteiger partial charge in [-0.15, -0.1) is 0 Å². The van der Waals surface area contributed by atoms with E-state index in [4.69, 9.17) is 12.2 Å². The number of benzene rings is 1. The summed E-state index contributed by atoms with van der Waals surface area (Å²) in [5, 5.41) is 0. The zero-order chi connectivity index (χ0) is 20.3. The van der Waals surface area contributed by atoms with E-state index in [1.165, 1.54) is 36.1 Å². The van der Waals surface area contributed by atoms with Crippen LogP contribution in [0.3, 0.4) is 0 Å². The van der Waals surface area contributed by atoms with E-state index in [0.29, 0.717) is 17.8 Å². The number of piperazine rings is 1. The molecule has 2 heterocycles. The Bertz CT molecular complexity index is 706. The molecule has 2 aliphatic rings. The summed E-state index contributed by atoms with van der Waals surface area (Å²) in [6, 6.07) is 7.44.